The summed E-state index contributed by atoms with van der Waals surface area (Å²) in [4.78, 5) is 0. The standard InChI is InChI=1S/C13H12ClN5/c1-8-7-11(18-19(8)2)15-13-10-6-4-3-5-9(10)12(14)16-17-13/h3-7H,1-2H3,(H,15,17,18). The summed E-state index contributed by atoms with van der Waals surface area (Å²) in [5, 5.41) is 17.8. The number of aryl methyl sites for hydroxylation is 2. The molecule has 5 nitrogen and oxygen atoms in total. The molecule has 3 rings (SSSR count). The third-order valence-corrected chi connectivity index (χ3v) is 3.28. The lowest BCUT2D eigenvalue weighted by Crippen LogP contribution is -1.99. The van der Waals surface area contributed by atoms with Crippen molar-refractivity contribution in [1.29, 1.82) is 0 Å². The zero-order valence-corrected chi connectivity index (χ0v) is 11.3. The van der Waals surface area contributed by atoms with Crippen molar-refractivity contribution < 1.29 is 0 Å². The normalized spacial score (nSPS) is 10.9. The van der Waals surface area contributed by atoms with Crippen LogP contribution in [0, 0.1) is 6.92 Å². The summed E-state index contributed by atoms with van der Waals surface area (Å²) in [5.41, 5.74) is 1.06. The molecule has 6 heteroatoms. The van der Waals surface area contributed by atoms with Crippen LogP contribution >= 0.6 is 11.6 Å². The first-order valence-electron chi connectivity index (χ1n) is 5.84. The maximum absolute atomic E-state index is 6.04. The van der Waals surface area contributed by atoms with E-state index in [9.17, 15) is 0 Å². The molecule has 3 aromatic rings. The fourth-order valence-electron chi connectivity index (χ4n) is 1.91. The minimum atomic E-state index is 0.401. The summed E-state index contributed by atoms with van der Waals surface area (Å²) in [6.45, 7) is 1.99. The summed E-state index contributed by atoms with van der Waals surface area (Å²) >= 11 is 6.04. The number of aromatic nitrogens is 4. The molecule has 96 valence electrons. The van der Waals surface area contributed by atoms with E-state index in [0.29, 0.717) is 11.0 Å². The van der Waals surface area contributed by atoms with E-state index >= 15 is 0 Å². The van der Waals surface area contributed by atoms with Crippen LogP contribution in [0.15, 0.2) is 30.3 Å². The van der Waals surface area contributed by atoms with Crippen molar-refractivity contribution in [3.63, 3.8) is 0 Å². The second-order valence-corrected chi connectivity index (χ2v) is 4.66. The fourth-order valence-corrected chi connectivity index (χ4v) is 2.11. The second kappa shape index (κ2) is 4.51. The maximum Gasteiger partial charge on any atom is 0.162 e. The Kier molecular flexibility index (Phi) is 2.83. The van der Waals surface area contributed by atoms with Crippen LogP contribution in [-0.2, 0) is 7.05 Å². The van der Waals surface area contributed by atoms with Crippen LogP contribution in [-0.4, -0.2) is 20.0 Å². The molecule has 2 heterocycles. The van der Waals surface area contributed by atoms with Gasteiger partial charge in [0.25, 0.3) is 0 Å². The van der Waals surface area contributed by atoms with E-state index < -0.39 is 0 Å². The third-order valence-electron chi connectivity index (χ3n) is 3.00. The average molecular weight is 274 g/mol. The number of hydrogen-bond acceptors (Lipinski definition) is 4. The number of nitrogens with zero attached hydrogens (tertiary/aromatic N) is 4. The van der Waals surface area contributed by atoms with Crippen molar-refractivity contribution >= 4 is 34.0 Å². The fraction of sp³-hybridized carbons (Fsp3) is 0.154. The summed E-state index contributed by atoms with van der Waals surface area (Å²) in [7, 11) is 1.90. The van der Waals surface area contributed by atoms with Gasteiger partial charge in [-0.15, -0.1) is 10.2 Å². The van der Waals surface area contributed by atoms with Gasteiger partial charge in [0.05, 0.1) is 0 Å². The van der Waals surface area contributed by atoms with Gasteiger partial charge < -0.3 is 5.32 Å². The number of fused-ring (bicyclic) bond motifs is 1. The second-order valence-electron chi connectivity index (χ2n) is 4.30. The van der Waals surface area contributed by atoms with Crippen LogP contribution in [0.25, 0.3) is 10.8 Å². The molecular formula is C13H12ClN5. The van der Waals surface area contributed by atoms with Crippen molar-refractivity contribution in [3.05, 3.63) is 41.2 Å². The zero-order valence-electron chi connectivity index (χ0n) is 10.6. The minimum absolute atomic E-state index is 0.401. The first-order valence-corrected chi connectivity index (χ1v) is 6.21. The highest BCUT2D eigenvalue weighted by Gasteiger charge is 2.09. The molecule has 0 aliphatic heterocycles. The number of halogens is 1. The molecule has 0 aliphatic rings. The van der Waals surface area contributed by atoms with Crippen molar-refractivity contribution in [2.24, 2.45) is 7.05 Å². The number of nitrogens with one attached hydrogen (secondary N) is 1. The van der Waals surface area contributed by atoms with Crippen molar-refractivity contribution in [2.45, 2.75) is 6.92 Å². The molecule has 0 spiro atoms. The highest BCUT2D eigenvalue weighted by atomic mass is 35.5. The third kappa shape index (κ3) is 2.13. The van der Waals surface area contributed by atoms with Gasteiger partial charge in [-0.05, 0) is 6.92 Å². The Labute approximate surface area is 115 Å². The monoisotopic (exact) mass is 273 g/mol. The van der Waals surface area contributed by atoms with E-state index in [1.807, 2.05) is 44.3 Å². The quantitative estimate of drug-likeness (QED) is 0.780. The van der Waals surface area contributed by atoms with E-state index in [-0.39, 0.29) is 0 Å². The lowest BCUT2D eigenvalue weighted by atomic mass is 10.2. The number of rotatable bonds is 2. The summed E-state index contributed by atoms with van der Waals surface area (Å²) < 4.78 is 1.80. The van der Waals surface area contributed by atoms with Gasteiger partial charge in [-0.2, -0.15) is 5.10 Å². The van der Waals surface area contributed by atoms with Crippen molar-refractivity contribution in [3.8, 4) is 0 Å². The Morgan fingerprint density at radius 1 is 1.16 bits per heavy atom. The Bertz CT molecular complexity index is 730. The predicted molar refractivity (Wildman–Crippen MR) is 75.8 cm³/mol. The highest BCUT2D eigenvalue weighted by molar-refractivity contribution is 6.34. The van der Waals surface area contributed by atoms with Crippen LogP contribution in [0.4, 0.5) is 11.6 Å². The molecule has 2 aromatic heterocycles. The first-order chi connectivity index (χ1) is 9.15. The Hall–Kier alpha value is -2.14. The Morgan fingerprint density at radius 3 is 2.58 bits per heavy atom. The summed E-state index contributed by atoms with van der Waals surface area (Å²) in [6.07, 6.45) is 0. The molecule has 0 bridgehead atoms. The largest absolute Gasteiger partial charge is 0.321 e. The van der Waals surface area contributed by atoms with Crippen molar-refractivity contribution in [1.82, 2.24) is 20.0 Å². The van der Waals surface area contributed by atoms with Crippen LogP contribution in [0.1, 0.15) is 5.69 Å². The molecule has 0 saturated heterocycles. The van der Waals surface area contributed by atoms with Gasteiger partial charge in [0.2, 0.25) is 0 Å². The van der Waals surface area contributed by atoms with Crippen LogP contribution in [0.5, 0.6) is 0 Å². The molecule has 1 aromatic carbocycles. The molecule has 0 amide bonds. The van der Waals surface area contributed by atoms with Gasteiger partial charge in [0.1, 0.15) is 0 Å². The predicted octanol–water partition coefficient (Wildman–Crippen LogP) is 3.07. The SMILES string of the molecule is Cc1cc(Nc2nnc(Cl)c3ccccc23)nn1C. The summed E-state index contributed by atoms with van der Waals surface area (Å²) in [5.74, 6) is 1.39. The topological polar surface area (TPSA) is 55.6 Å². The Morgan fingerprint density at radius 2 is 1.89 bits per heavy atom. The van der Waals surface area contributed by atoms with Gasteiger partial charge in [0.15, 0.2) is 16.8 Å². The lowest BCUT2D eigenvalue weighted by molar-refractivity contribution is 0.743. The maximum atomic E-state index is 6.04. The average Bonchev–Trinajstić information content (AvgIpc) is 2.72. The molecule has 1 N–H and O–H groups in total. The lowest BCUT2D eigenvalue weighted by Gasteiger charge is -2.06. The molecule has 0 fully saturated rings. The van der Waals surface area contributed by atoms with Crippen LogP contribution < -0.4 is 5.32 Å². The van der Waals surface area contributed by atoms with Gasteiger partial charge in [0, 0.05) is 29.6 Å². The molecule has 0 radical (unpaired) electrons. The number of anilines is 2. The van der Waals surface area contributed by atoms with Crippen LogP contribution in [0.3, 0.4) is 0 Å². The van der Waals surface area contributed by atoms with E-state index in [1.165, 1.54) is 0 Å². The van der Waals surface area contributed by atoms with E-state index in [0.717, 1.165) is 22.3 Å². The minimum Gasteiger partial charge on any atom is -0.321 e. The van der Waals surface area contributed by atoms with E-state index in [1.54, 1.807) is 4.68 Å². The van der Waals surface area contributed by atoms with Gasteiger partial charge in [-0.25, -0.2) is 0 Å². The van der Waals surface area contributed by atoms with Gasteiger partial charge >= 0.3 is 0 Å². The molecule has 19 heavy (non-hydrogen) atoms. The highest BCUT2D eigenvalue weighted by Crippen LogP contribution is 2.27. The Balaban J connectivity index is 2.08. The number of benzene rings is 1. The zero-order chi connectivity index (χ0) is 13.4. The molecule has 0 atom stereocenters. The summed E-state index contributed by atoms with van der Waals surface area (Å²) in [6, 6.07) is 9.68. The molecular weight excluding hydrogens is 262 g/mol. The molecule has 0 aliphatic carbocycles. The van der Waals surface area contributed by atoms with E-state index in [4.69, 9.17) is 11.6 Å². The van der Waals surface area contributed by atoms with E-state index in [2.05, 4.69) is 20.6 Å². The first kappa shape index (κ1) is 11.9. The number of hydrogen-bond donors (Lipinski definition) is 1. The van der Waals surface area contributed by atoms with Gasteiger partial charge in [-0.3, -0.25) is 4.68 Å². The smallest absolute Gasteiger partial charge is 0.162 e. The van der Waals surface area contributed by atoms with Crippen LogP contribution in [0.2, 0.25) is 5.15 Å². The molecule has 0 unspecified atom stereocenters. The molecule has 0 saturated carbocycles. The van der Waals surface area contributed by atoms with Crippen molar-refractivity contribution in [2.75, 3.05) is 5.32 Å². The van der Waals surface area contributed by atoms with Gasteiger partial charge in [-0.1, -0.05) is 35.9 Å².